The number of hydrogen-bond donors (Lipinski definition) is 1. The zero-order valence-corrected chi connectivity index (χ0v) is 14.4. The van der Waals surface area contributed by atoms with Crippen molar-refractivity contribution in [1.82, 2.24) is 19.9 Å². The summed E-state index contributed by atoms with van der Waals surface area (Å²) in [4.78, 5) is 12.6. The van der Waals surface area contributed by atoms with Gasteiger partial charge in [-0.3, -0.25) is 9.20 Å². The summed E-state index contributed by atoms with van der Waals surface area (Å²) in [6, 6.07) is 10.4. The number of rotatable bonds is 6. The summed E-state index contributed by atoms with van der Waals surface area (Å²) in [6.45, 7) is 4.24. The average Bonchev–Trinajstić information content (AvgIpc) is 3.06. The van der Waals surface area contributed by atoms with E-state index in [-0.39, 0.29) is 11.9 Å². The Kier molecular flexibility index (Phi) is 4.83. The third kappa shape index (κ3) is 3.40. The van der Waals surface area contributed by atoms with Gasteiger partial charge in [-0.25, -0.2) is 0 Å². The van der Waals surface area contributed by atoms with Crippen molar-refractivity contribution in [3.8, 4) is 11.5 Å². The van der Waals surface area contributed by atoms with Gasteiger partial charge in [0, 0.05) is 11.8 Å². The first-order chi connectivity index (χ1) is 12.1. The van der Waals surface area contributed by atoms with E-state index in [4.69, 9.17) is 9.47 Å². The number of amides is 1. The normalized spacial score (nSPS) is 12.0. The van der Waals surface area contributed by atoms with E-state index >= 15 is 0 Å². The molecule has 0 fully saturated rings. The molecule has 3 aromatic rings. The molecule has 1 aromatic carbocycles. The Morgan fingerprint density at radius 3 is 2.84 bits per heavy atom. The molecule has 1 N–H and O–H groups in total. The predicted molar refractivity (Wildman–Crippen MR) is 93.0 cm³/mol. The van der Waals surface area contributed by atoms with Crippen molar-refractivity contribution in [2.24, 2.45) is 0 Å². The number of nitrogens with one attached hydrogen (secondary N) is 1. The maximum atomic E-state index is 12.6. The number of pyridine rings is 1. The summed E-state index contributed by atoms with van der Waals surface area (Å²) >= 11 is 0. The summed E-state index contributed by atoms with van der Waals surface area (Å²) in [7, 11) is 1.57. The monoisotopic (exact) mass is 340 g/mol. The Labute approximate surface area is 145 Å². The number of benzene rings is 1. The zero-order valence-electron chi connectivity index (χ0n) is 14.4. The molecule has 0 spiro atoms. The highest BCUT2D eigenvalue weighted by Gasteiger charge is 2.18. The van der Waals surface area contributed by atoms with E-state index in [2.05, 4.69) is 15.5 Å². The van der Waals surface area contributed by atoms with Crippen LogP contribution in [0.4, 0.5) is 0 Å². The van der Waals surface area contributed by atoms with Crippen LogP contribution in [-0.4, -0.2) is 34.2 Å². The summed E-state index contributed by atoms with van der Waals surface area (Å²) in [6.07, 6.45) is 1.87. The van der Waals surface area contributed by atoms with Crippen molar-refractivity contribution in [1.29, 1.82) is 0 Å². The van der Waals surface area contributed by atoms with Gasteiger partial charge in [-0.15, -0.1) is 10.2 Å². The Balaban J connectivity index is 1.80. The number of fused-ring (bicyclic) bond motifs is 1. The molecule has 1 atom stereocenters. The van der Waals surface area contributed by atoms with Crippen LogP contribution in [0.2, 0.25) is 0 Å². The fourth-order valence-electron chi connectivity index (χ4n) is 2.59. The lowest BCUT2D eigenvalue weighted by atomic mass is 10.1. The first-order valence-electron chi connectivity index (χ1n) is 8.05. The van der Waals surface area contributed by atoms with Gasteiger partial charge in [0.1, 0.15) is 0 Å². The Hall–Kier alpha value is -3.09. The molecule has 7 nitrogen and oxygen atoms in total. The van der Waals surface area contributed by atoms with Gasteiger partial charge in [0.15, 0.2) is 23.0 Å². The van der Waals surface area contributed by atoms with Crippen LogP contribution in [-0.2, 0) is 0 Å². The first-order valence-corrected chi connectivity index (χ1v) is 8.05. The lowest BCUT2D eigenvalue weighted by Crippen LogP contribution is -2.28. The van der Waals surface area contributed by atoms with Crippen LogP contribution < -0.4 is 14.8 Å². The van der Waals surface area contributed by atoms with E-state index in [0.717, 1.165) is 5.65 Å². The quantitative estimate of drug-likeness (QED) is 0.746. The maximum absolute atomic E-state index is 12.6. The van der Waals surface area contributed by atoms with E-state index in [1.54, 1.807) is 25.3 Å². The van der Waals surface area contributed by atoms with Gasteiger partial charge in [-0.05, 0) is 44.2 Å². The van der Waals surface area contributed by atoms with Crippen LogP contribution >= 0.6 is 0 Å². The van der Waals surface area contributed by atoms with Crippen molar-refractivity contribution >= 4 is 11.6 Å². The second-order valence-electron chi connectivity index (χ2n) is 5.48. The first kappa shape index (κ1) is 16.8. The molecule has 7 heteroatoms. The van der Waals surface area contributed by atoms with E-state index in [1.807, 2.05) is 42.6 Å². The highest BCUT2D eigenvalue weighted by Crippen LogP contribution is 2.28. The molecule has 0 radical (unpaired) electrons. The molecule has 0 saturated heterocycles. The van der Waals surface area contributed by atoms with Crippen LogP contribution in [0.15, 0.2) is 42.6 Å². The molecule has 2 aromatic heterocycles. The van der Waals surface area contributed by atoms with Crippen molar-refractivity contribution < 1.29 is 14.3 Å². The molecule has 0 saturated carbocycles. The van der Waals surface area contributed by atoms with Crippen LogP contribution in [0.5, 0.6) is 11.5 Å². The molecule has 1 unspecified atom stereocenters. The van der Waals surface area contributed by atoms with E-state index in [9.17, 15) is 4.79 Å². The molecule has 0 aliphatic heterocycles. The van der Waals surface area contributed by atoms with Gasteiger partial charge in [0.2, 0.25) is 0 Å². The Bertz CT molecular complexity index is 891. The topological polar surface area (TPSA) is 77.8 Å². The van der Waals surface area contributed by atoms with Crippen molar-refractivity contribution in [3.05, 3.63) is 54.0 Å². The highest BCUT2D eigenvalue weighted by atomic mass is 16.5. The SMILES string of the molecule is CCOc1cc(C(=O)NC(C)c2nnc3ccccn23)ccc1OC. The minimum atomic E-state index is -0.303. The molecule has 0 aliphatic carbocycles. The van der Waals surface area contributed by atoms with Gasteiger partial charge >= 0.3 is 0 Å². The maximum Gasteiger partial charge on any atom is 0.252 e. The highest BCUT2D eigenvalue weighted by molar-refractivity contribution is 5.95. The van der Waals surface area contributed by atoms with Crippen LogP contribution in [0.1, 0.15) is 36.1 Å². The zero-order chi connectivity index (χ0) is 17.8. The lowest BCUT2D eigenvalue weighted by molar-refractivity contribution is 0.0937. The molecule has 0 aliphatic rings. The van der Waals surface area contributed by atoms with Crippen LogP contribution in [0.3, 0.4) is 0 Å². The van der Waals surface area contributed by atoms with E-state index in [1.165, 1.54) is 0 Å². The number of carbonyl (C=O) groups is 1. The second kappa shape index (κ2) is 7.21. The summed E-state index contributed by atoms with van der Waals surface area (Å²) in [5, 5.41) is 11.2. The number of methoxy groups -OCH3 is 1. The van der Waals surface area contributed by atoms with Crippen LogP contribution in [0.25, 0.3) is 5.65 Å². The van der Waals surface area contributed by atoms with Crippen molar-refractivity contribution in [2.75, 3.05) is 13.7 Å². The van der Waals surface area contributed by atoms with Gasteiger partial charge in [0.05, 0.1) is 19.8 Å². The molecule has 2 heterocycles. The van der Waals surface area contributed by atoms with Gasteiger partial charge in [0.25, 0.3) is 5.91 Å². The van der Waals surface area contributed by atoms with E-state index < -0.39 is 0 Å². The molecular weight excluding hydrogens is 320 g/mol. The largest absolute Gasteiger partial charge is 0.493 e. The number of aromatic nitrogens is 3. The Morgan fingerprint density at radius 2 is 2.08 bits per heavy atom. The van der Waals surface area contributed by atoms with Crippen molar-refractivity contribution in [2.45, 2.75) is 19.9 Å². The fraction of sp³-hybridized carbons (Fsp3) is 0.278. The minimum absolute atomic E-state index is 0.219. The van der Waals surface area contributed by atoms with Gasteiger partial charge in [-0.2, -0.15) is 0 Å². The van der Waals surface area contributed by atoms with Gasteiger partial charge < -0.3 is 14.8 Å². The molecule has 1 amide bonds. The standard InChI is InChI=1S/C18H20N4O3/c1-4-25-15-11-13(8-9-14(15)24-3)18(23)19-12(2)17-21-20-16-7-5-6-10-22(16)17/h5-12H,4H2,1-3H3,(H,19,23). The fourth-order valence-corrected chi connectivity index (χ4v) is 2.59. The third-order valence-corrected chi connectivity index (χ3v) is 3.80. The number of nitrogens with zero attached hydrogens (tertiary/aromatic N) is 3. The molecule has 0 bridgehead atoms. The summed E-state index contributed by atoms with van der Waals surface area (Å²) in [5.41, 5.74) is 1.23. The summed E-state index contributed by atoms with van der Waals surface area (Å²) in [5.74, 6) is 1.58. The molecular formula is C18H20N4O3. The number of carbonyl (C=O) groups excluding carboxylic acids is 1. The molecule has 3 rings (SSSR count). The van der Waals surface area contributed by atoms with Crippen LogP contribution in [0, 0.1) is 0 Å². The average molecular weight is 340 g/mol. The third-order valence-electron chi connectivity index (χ3n) is 3.80. The number of hydrogen-bond acceptors (Lipinski definition) is 5. The summed E-state index contributed by atoms with van der Waals surface area (Å²) < 4.78 is 12.6. The van der Waals surface area contributed by atoms with E-state index in [0.29, 0.717) is 29.5 Å². The molecule has 25 heavy (non-hydrogen) atoms. The number of ether oxygens (including phenoxy) is 2. The minimum Gasteiger partial charge on any atom is -0.493 e. The van der Waals surface area contributed by atoms with Crippen molar-refractivity contribution in [3.63, 3.8) is 0 Å². The second-order valence-corrected chi connectivity index (χ2v) is 5.48. The predicted octanol–water partition coefficient (Wildman–Crippen LogP) is 2.63. The smallest absolute Gasteiger partial charge is 0.252 e. The molecule has 130 valence electrons. The Morgan fingerprint density at radius 1 is 1.24 bits per heavy atom. The lowest BCUT2D eigenvalue weighted by Gasteiger charge is -2.14. The van der Waals surface area contributed by atoms with Gasteiger partial charge in [-0.1, -0.05) is 6.07 Å².